The number of nitrogens with two attached hydrogens (primary N) is 1. The maximum atomic E-state index is 12.2. The van der Waals surface area contributed by atoms with Gasteiger partial charge >= 0.3 is 5.97 Å². The second kappa shape index (κ2) is 10.6. The highest BCUT2D eigenvalue weighted by atomic mass is 16.4. The van der Waals surface area contributed by atoms with Crippen molar-refractivity contribution in [2.24, 2.45) is 17.6 Å². The van der Waals surface area contributed by atoms with Crippen LogP contribution in [0.15, 0.2) is 0 Å². The summed E-state index contributed by atoms with van der Waals surface area (Å²) in [5, 5.41) is 24.5. The summed E-state index contributed by atoms with van der Waals surface area (Å²) in [5.74, 6) is -3.59. The number of aliphatic hydroxyl groups excluding tert-OH is 1. The van der Waals surface area contributed by atoms with E-state index >= 15 is 0 Å². The van der Waals surface area contributed by atoms with E-state index < -0.39 is 55.0 Å². The zero-order valence-corrected chi connectivity index (χ0v) is 14.9. The summed E-state index contributed by atoms with van der Waals surface area (Å²) in [4.78, 5) is 46.6. The Morgan fingerprint density at radius 3 is 1.92 bits per heavy atom. The molecule has 25 heavy (non-hydrogen) atoms. The highest BCUT2D eigenvalue weighted by Crippen LogP contribution is 2.04. The third-order valence-corrected chi connectivity index (χ3v) is 3.51. The number of carbonyl (C=O) groups excluding carboxylic acids is 3. The summed E-state index contributed by atoms with van der Waals surface area (Å²) < 4.78 is 0. The number of amides is 3. The summed E-state index contributed by atoms with van der Waals surface area (Å²) in [6, 6.07) is -3.11. The number of hydrogen-bond acceptors (Lipinski definition) is 6. The van der Waals surface area contributed by atoms with Crippen LogP contribution < -0.4 is 21.7 Å². The van der Waals surface area contributed by atoms with Gasteiger partial charge in [-0.1, -0.05) is 27.7 Å². The van der Waals surface area contributed by atoms with E-state index in [1.54, 1.807) is 27.7 Å². The number of carboxylic acids is 1. The fraction of sp³-hybridized carbons (Fsp3) is 0.733. The van der Waals surface area contributed by atoms with Crippen molar-refractivity contribution in [3.05, 3.63) is 0 Å². The largest absolute Gasteiger partial charge is 0.480 e. The molecular formula is C15H28N4O6. The molecule has 0 fully saturated rings. The normalized spacial score (nSPS) is 14.6. The van der Waals surface area contributed by atoms with E-state index in [9.17, 15) is 19.2 Å². The predicted molar refractivity (Wildman–Crippen MR) is 89.2 cm³/mol. The predicted octanol–water partition coefficient (Wildman–Crippen LogP) is -2.21. The molecule has 0 bridgehead atoms. The van der Waals surface area contributed by atoms with Crippen molar-refractivity contribution < 1.29 is 29.4 Å². The topological polar surface area (TPSA) is 171 Å². The number of rotatable bonds is 10. The zero-order valence-electron chi connectivity index (χ0n) is 14.9. The van der Waals surface area contributed by atoms with Gasteiger partial charge in [0.15, 0.2) is 0 Å². The highest BCUT2D eigenvalue weighted by molar-refractivity contribution is 5.92. The number of carboxylic acid groups (broad SMARTS) is 1. The van der Waals surface area contributed by atoms with Crippen molar-refractivity contribution in [3.8, 4) is 0 Å². The van der Waals surface area contributed by atoms with Crippen LogP contribution >= 0.6 is 0 Å². The van der Waals surface area contributed by atoms with Crippen LogP contribution in [0.2, 0.25) is 0 Å². The van der Waals surface area contributed by atoms with E-state index in [0.29, 0.717) is 0 Å². The van der Waals surface area contributed by atoms with Crippen LogP contribution in [0.3, 0.4) is 0 Å². The molecule has 10 nitrogen and oxygen atoms in total. The average Bonchev–Trinajstić information content (AvgIpc) is 2.53. The first-order chi connectivity index (χ1) is 11.5. The van der Waals surface area contributed by atoms with Gasteiger partial charge in [-0.15, -0.1) is 0 Å². The van der Waals surface area contributed by atoms with Crippen molar-refractivity contribution in [3.63, 3.8) is 0 Å². The van der Waals surface area contributed by atoms with Crippen LogP contribution in [0.5, 0.6) is 0 Å². The Balaban J connectivity index is 4.68. The standard InChI is InChI=1S/C15H28N4O6/c1-7(2)11(16)13(22)19-12(8(3)4)14(23)17-5-10(21)18-9(6-20)15(24)25/h7-9,11-12,20H,5-6,16H2,1-4H3,(H,17,23)(H,18,21)(H,19,22)(H,24,25). The van der Waals surface area contributed by atoms with Gasteiger partial charge in [0.25, 0.3) is 0 Å². The first-order valence-electron chi connectivity index (χ1n) is 7.97. The molecule has 3 atom stereocenters. The van der Waals surface area contributed by atoms with Gasteiger partial charge in [0.2, 0.25) is 17.7 Å². The van der Waals surface area contributed by atoms with Gasteiger partial charge in [0, 0.05) is 0 Å². The molecule has 3 amide bonds. The summed E-state index contributed by atoms with van der Waals surface area (Å²) in [7, 11) is 0. The molecule has 0 aromatic heterocycles. The van der Waals surface area contributed by atoms with Crippen LogP contribution in [0, 0.1) is 11.8 Å². The number of hydrogen-bond donors (Lipinski definition) is 6. The van der Waals surface area contributed by atoms with Gasteiger partial charge in [-0.3, -0.25) is 14.4 Å². The SMILES string of the molecule is CC(C)C(N)C(=O)NC(C(=O)NCC(=O)NC(CO)C(=O)O)C(C)C. The molecule has 0 heterocycles. The van der Waals surface area contributed by atoms with E-state index in [2.05, 4.69) is 16.0 Å². The lowest BCUT2D eigenvalue weighted by atomic mass is 10.0. The Morgan fingerprint density at radius 1 is 0.960 bits per heavy atom. The van der Waals surface area contributed by atoms with Crippen LogP contribution in [-0.2, 0) is 19.2 Å². The molecular weight excluding hydrogens is 332 g/mol. The summed E-state index contributed by atoms with van der Waals surface area (Å²) in [5.41, 5.74) is 5.74. The van der Waals surface area contributed by atoms with E-state index in [1.165, 1.54) is 0 Å². The molecule has 0 radical (unpaired) electrons. The second-order valence-electron chi connectivity index (χ2n) is 6.36. The molecule has 0 rings (SSSR count). The van der Waals surface area contributed by atoms with Gasteiger partial charge in [0.1, 0.15) is 12.1 Å². The molecule has 0 spiro atoms. The lowest BCUT2D eigenvalue weighted by molar-refractivity contribution is -0.142. The van der Waals surface area contributed by atoms with Gasteiger partial charge in [-0.25, -0.2) is 4.79 Å². The smallest absolute Gasteiger partial charge is 0.328 e. The molecule has 0 saturated carbocycles. The minimum atomic E-state index is -1.45. The van der Waals surface area contributed by atoms with Crippen molar-refractivity contribution >= 4 is 23.7 Å². The Labute approximate surface area is 146 Å². The molecule has 0 aliphatic rings. The number of carbonyl (C=O) groups is 4. The van der Waals surface area contributed by atoms with E-state index in [1.807, 2.05) is 0 Å². The Kier molecular flexibility index (Phi) is 9.69. The molecule has 0 aromatic carbocycles. The quantitative estimate of drug-likeness (QED) is 0.256. The molecule has 0 aliphatic heterocycles. The second-order valence-corrected chi connectivity index (χ2v) is 6.36. The monoisotopic (exact) mass is 360 g/mol. The van der Waals surface area contributed by atoms with Gasteiger partial charge < -0.3 is 31.9 Å². The number of nitrogens with one attached hydrogen (secondary N) is 3. The Hall–Kier alpha value is -2.20. The first kappa shape index (κ1) is 22.8. The fourth-order valence-electron chi connectivity index (χ4n) is 1.80. The zero-order chi connectivity index (χ0) is 19.7. The molecule has 0 saturated heterocycles. The van der Waals surface area contributed by atoms with Gasteiger partial charge in [-0.2, -0.15) is 0 Å². The molecule has 7 N–H and O–H groups in total. The fourth-order valence-corrected chi connectivity index (χ4v) is 1.80. The Morgan fingerprint density at radius 2 is 1.52 bits per heavy atom. The maximum Gasteiger partial charge on any atom is 0.328 e. The van der Waals surface area contributed by atoms with Crippen molar-refractivity contribution in [2.45, 2.75) is 45.8 Å². The van der Waals surface area contributed by atoms with Crippen LogP contribution in [0.1, 0.15) is 27.7 Å². The van der Waals surface area contributed by atoms with Crippen molar-refractivity contribution in [1.29, 1.82) is 0 Å². The molecule has 144 valence electrons. The van der Waals surface area contributed by atoms with E-state index in [4.69, 9.17) is 15.9 Å². The maximum absolute atomic E-state index is 12.2. The minimum Gasteiger partial charge on any atom is -0.480 e. The summed E-state index contributed by atoms with van der Waals surface area (Å²) in [6.45, 7) is 5.73. The highest BCUT2D eigenvalue weighted by Gasteiger charge is 2.28. The first-order valence-corrected chi connectivity index (χ1v) is 7.97. The number of aliphatic carboxylic acids is 1. The molecule has 0 aliphatic carbocycles. The lowest BCUT2D eigenvalue weighted by Crippen LogP contribution is -2.56. The molecule has 3 unspecified atom stereocenters. The van der Waals surface area contributed by atoms with Crippen LogP contribution in [0.4, 0.5) is 0 Å². The van der Waals surface area contributed by atoms with Gasteiger partial charge in [0.05, 0.1) is 19.2 Å². The van der Waals surface area contributed by atoms with E-state index in [0.717, 1.165) is 0 Å². The molecule has 0 aromatic rings. The summed E-state index contributed by atoms with van der Waals surface area (Å²) in [6.07, 6.45) is 0. The molecule has 10 heteroatoms. The van der Waals surface area contributed by atoms with Crippen LogP contribution in [-0.4, -0.2) is 65.2 Å². The van der Waals surface area contributed by atoms with Gasteiger partial charge in [-0.05, 0) is 11.8 Å². The van der Waals surface area contributed by atoms with Crippen molar-refractivity contribution in [2.75, 3.05) is 13.2 Å². The third-order valence-electron chi connectivity index (χ3n) is 3.51. The van der Waals surface area contributed by atoms with E-state index in [-0.39, 0.29) is 11.8 Å². The van der Waals surface area contributed by atoms with Crippen LogP contribution in [0.25, 0.3) is 0 Å². The lowest BCUT2D eigenvalue weighted by Gasteiger charge is -2.24. The Bertz CT molecular complexity index is 494. The summed E-state index contributed by atoms with van der Waals surface area (Å²) >= 11 is 0. The average molecular weight is 360 g/mol. The third kappa shape index (κ3) is 7.94. The number of aliphatic hydroxyl groups is 1. The van der Waals surface area contributed by atoms with Crippen molar-refractivity contribution in [1.82, 2.24) is 16.0 Å². The minimum absolute atomic E-state index is 0.104.